The number of aromatic nitrogens is 3. The van der Waals surface area contributed by atoms with Crippen LogP contribution in [0.3, 0.4) is 0 Å². The number of thiazole rings is 1. The Morgan fingerprint density at radius 1 is 1.06 bits per heavy atom. The molecule has 1 aliphatic heterocycles. The summed E-state index contributed by atoms with van der Waals surface area (Å²) in [6.45, 7) is 4.25. The van der Waals surface area contributed by atoms with E-state index in [1.807, 2.05) is 18.2 Å². The van der Waals surface area contributed by atoms with Crippen molar-refractivity contribution in [2.75, 3.05) is 7.11 Å². The molecule has 4 aromatic rings. The van der Waals surface area contributed by atoms with Crippen LogP contribution in [0.15, 0.2) is 73.4 Å². The number of pyridine rings is 1. The van der Waals surface area contributed by atoms with E-state index in [4.69, 9.17) is 4.74 Å². The highest BCUT2D eigenvalue weighted by Gasteiger charge is 2.42. The maximum absolute atomic E-state index is 13.5. The molecule has 0 unspecified atom stereocenters. The van der Waals surface area contributed by atoms with Gasteiger partial charge in [-0.25, -0.2) is 4.98 Å². The van der Waals surface area contributed by atoms with Gasteiger partial charge in [-0.2, -0.15) is 4.98 Å². The quantitative estimate of drug-likeness (QED) is 0.362. The Labute approximate surface area is 211 Å². The molecule has 184 valence electrons. The zero-order valence-corrected chi connectivity index (χ0v) is 20.9. The van der Waals surface area contributed by atoms with Crippen molar-refractivity contribution in [1.29, 1.82) is 0 Å². The number of hydrogen-bond donors (Lipinski definition) is 1. The summed E-state index contributed by atoms with van der Waals surface area (Å²) < 4.78 is 6.59. The third kappa shape index (κ3) is 4.49. The predicted octanol–water partition coefficient (Wildman–Crippen LogP) is 5.00. The first-order chi connectivity index (χ1) is 17.4. The Morgan fingerprint density at radius 3 is 2.47 bits per heavy atom. The van der Waals surface area contributed by atoms with Crippen LogP contribution in [0.25, 0.3) is 5.65 Å². The van der Waals surface area contributed by atoms with Crippen molar-refractivity contribution < 1.29 is 9.84 Å². The molecule has 0 aliphatic carbocycles. The van der Waals surface area contributed by atoms with E-state index >= 15 is 0 Å². The molecule has 0 fully saturated rings. The standard InChI is InChI=1S/C25H25N7O3S/c1-15(2)19-14-36-21(26-19)9-6-16-10-11-32-20(12-16)27-23(33)22(24(32)34)25(28-30-31-29-25)13-17-4-7-18(35-3)8-5-17/h4-5,7-8,10-12,14-15,33H,6,9,13H2,1-3H3. The van der Waals surface area contributed by atoms with Crippen LogP contribution in [0, 0.1) is 0 Å². The van der Waals surface area contributed by atoms with Gasteiger partial charge in [0.15, 0.2) is 0 Å². The number of methoxy groups -OCH3 is 1. The number of aromatic hydroxyl groups is 1. The fourth-order valence-electron chi connectivity index (χ4n) is 4.13. The topological polar surface area (TPSA) is 126 Å². The van der Waals surface area contributed by atoms with Crippen LogP contribution in [0.2, 0.25) is 0 Å². The maximum Gasteiger partial charge on any atom is 0.269 e. The first-order valence-corrected chi connectivity index (χ1v) is 12.4. The van der Waals surface area contributed by atoms with Crippen LogP contribution in [0.4, 0.5) is 0 Å². The summed E-state index contributed by atoms with van der Waals surface area (Å²) in [4.78, 5) is 22.5. The Kier molecular flexibility index (Phi) is 6.31. The monoisotopic (exact) mass is 503 g/mol. The molecule has 3 aromatic heterocycles. The lowest BCUT2D eigenvalue weighted by Gasteiger charge is -2.20. The van der Waals surface area contributed by atoms with Crippen LogP contribution in [0.1, 0.15) is 47.2 Å². The van der Waals surface area contributed by atoms with E-state index in [1.54, 1.807) is 42.8 Å². The van der Waals surface area contributed by atoms with Crippen molar-refractivity contribution in [2.45, 2.75) is 44.7 Å². The molecule has 1 aromatic carbocycles. The summed E-state index contributed by atoms with van der Waals surface area (Å²) >= 11 is 1.66. The molecule has 1 N–H and O–H groups in total. The van der Waals surface area contributed by atoms with Gasteiger partial charge >= 0.3 is 0 Å². The van der Waals surface area contributed by atoms with Crippen LogP contribution in [-0.4, -0.2) is 26.6 Å². The Balaban J connectivity index is 1.45. The summed E-state index contributed by atoms with van der Waals surface area (Å²) in [6.07, 6.45) is 3.36. The zero-order valence-electron chi connectivity index (χ0n) is 20.1. The fraction of sp³-hybridized carbons (Fsp3) is 0.320. The smallest absolute Gasteiger partial charge is 0.269 e. The molecular weight excluding hydrogens is 478 g/mol. The lowest BCUT2D eigenvalue weighted by molar-refractivity contribution is 0.390. The van der Waals surface area contributed by atoms with Crippen molar-refractivity contribution in [1.82, 2.24) is 14.4 Å². The Bertz CT molecular complexity index is 1510. The van der Waals surface area contributed by atoms with Gasteiger partial charge in [0.05, 0.1) is 17.8 Å². The Morgan fingerprint density at radius 2 is 1.81 bits per heavy atom. The highest BCUT2D eigenvalue weighted by molar-refractivity contribution is 7.09. The molecule has 0 bridgehead atoms. The third-order valence-corrected chi connectivity index (χ3v) is 7.06. The average molecular weight is 504 g/mol. The van der Waals surface area contributed by atoms with E-state index in [0.717, 1.165) is 34.7 Å². The maximum atomic E-state index is 13.5. The van der Waals surface area contributed by atoms with E-state index in [1.165, 1.54) is 4.40 Å². The summed E-state index contributed by atoms with van der Waals surface area (Å²) in [5.41, 5.74) is 1.20. The minimum absolute atomic E-state index is 0.0717. The van der Waals surface area contributed by atoms with Gasteiger partial charge in [-0.15, -0.1) is 21.6 Å². The highest BCUT2D eigenvalue weighted by atomic mass is 32.1. The predicted molar refractivity (Wildman–Crippen MR) is 135 cm³/mol. The molecule has 4 heterocycles. The molecule has 0 spiro atoms. The third-order valence-electron chi connectivity index (χ3n) is 6.13. The molecule has 10 nitrogen and oxygen atoms in total. The number of fused-ring (bicyclic) bond motifs is 1. The number of nitrogens with zero attached hydrogens (tertiary/aromatic N) is 7. The minimum atomic E-state index is -1.50. The van der Waals surface area contributed by atoms with Gasteiger partial charge in [0.25, 0.3) is 5.56 Å². The van der Waals surface area contributed by atoms with E-state index in [9.17, 15) is 9.90 Å². The van der Waals surface area contributed by atoms with Gasteiger partial charge in [-0.1, -0.05) is 26.0 Å². The van der Waals surface area contributed by atoms with Gasteiger partial charge in [-0.05, 0) is 58.2 Å². The lowest BCUT2D eigenvalue weighted by atomic mass is 9.94. The van der Waals surface area contributed by atoms with Gasteiger partial charge in [0.1, 0.15) is 17.0 Å². The second-order valence-corrected chi connectivity index (χ2v) is 9.86. The van der Waals surface area contributed by atoms with Crippen LogP contribution >= 0.6 is 11.3 Å². The summed E-state index contributed by atoms with van der Waals surface area (Å²) in [7, 11) is 1.59. The number of ether oxygens (including phenoxy) is 1. The first-order valence-electron chi connectivity index (χ1n) is 11.5. The van der Waals surface area contributed by atoms with Gasteiger partial charge in [0.2, 0.25) is 11.5 Å². The fourth-order valence-corrected chi connectivity index (χ4v) is 5.09. The summed E-state index contributed by atoms with van der Waals surface area (Å²) in [5, 5.41) is 29.6. The number of rotatable bonds is 8. The molecule has 36 heavy (non-hydrogen) atoms. The van der Waals surface area contributed by atoms with E-state index in [2.05, 4.69) is 49.9 Å². The molecule has 0 saturated carbocycles. The lowest BCUT2D eigenvalue weighted by Crippen LogP contribution is -2.33. The SMILES string of the molecule is COc1ccc(CC2(c3c(O)nc4cc(CCc5nc(C(C)C)cs5)ccn4c3=O)N=NN=N2)cc1. The molecule has 0 radical (unpaired) electrons. The van der Waals surface area contributed by atoms with Crippen molar-refractivity contribution in [3.63, 3.8) is 0 Å². The highest BCUT2D eigenvalue weighted by Crippen LogP contribution is 2.38. The van der Waals surface area contributed by atoms with E-state index in [0.29, 0.717) is 17.3 Å². The van der Waals surface area contributed by atoms with Crippen LogP contribution in [-0.2, 0) is 24.9 Å². The van der Waals surface area contributed by atoms with Crippen molar-refractivity contribution in [2.24, 2.45) is 20.7 Å². The Hall–Kier alpha value is -3.99. The molecule has 5 rings (SSSR count). The summed E-state index contributed by atoms with van der Waals surface area (Å²) in [5.74, 6) is 0.659. The van der Waals surface area contributed by atoms with Crippen LogP contribution in [0.5, 0.6) is 11.6 Å². The molecular formula is C25H25N7O3S. The number of aryl methyl sites for hydroxylation is 2. The van der Waals surface area contributed by atoms with E-state index in [-0.39, 0.29) is 12.0 Å². The molecule has 0 saturated heterocycles. The largest absolute Gasteiger partial charge is 0.497 e. The van der Waals surface area contributed by atoms with Crippen molar-refractivity contribution >= 4 is 17.0 Å². The second kappa shape index (κ2) is 9.57. The zero-order chi connectivity index (χ0) is 25.3. The van der Waals surface area contributed by atoms with Crippen LogP contribution < -0.4 is 10.3 Å². The van der Waals surface area contributed by atoms with Crippen molar-refractivity contribution in [3.05, 3.63) is 85.7 Å². The molecule has 0 atom stereocenters. The normalized spacial score (nSPS) is 14.2. The van der Waals surface area contributed by atoms with Gasteiger partial charge < -0.3 is 9.84 Å². The second-order valence-electron chi connectivity index (χ2n) is 8.92. The van der Waals surface area contributed by atoms with Gasteiger partial charge in [-0.3, -0.25) is 9.20 Å². The summed E-state index contributed by atoms with van der Waals surface area (Å²) in [6, 6.07) is 11.0. The number of benzene rings is 1. The average Bonchev–Trinajstić information content (AvgIpc) is 3.53. The molecule has 1 aliphatic rings. The molecule has 11 heteroatoms. The minimum Gasteiger partial charge on any atom is -0.497 e. The van der Waals surface area contributed by atoms with Gasteiger partial charge in [0, 0.05) is 24.4 Å². The van der Waals surface area contributed by atoms with Crippen molar-refractivity contribution in [3.8, 4) is 11.6 Å². The number of hydrogen-bond acceptors (Lipinski definition) is 10. The first kappa shape index (κ1) is 23.7. The van der Waals surface area contributed by atoms with E-state index < -0.39 is 17.1 Å². The molecule has 0 amide bonds.